The summed E-state index contributed by atoms with van der Waals surface area (Å²) in [6.45, 7) is 6.57. The second-order valence-electron chi connectivity index (χ2n) is 5.55. The lowest BCUT2D eigenvalue weighted by molar-refractivity contribution is -0.0173. The van der Waals surface area contributed by atoms with Crippen molar-refractivity contribution in [2.24, 2.45) is 5.11 Å². The van der Waals surface area contributed by atoms with Gasteiger partial charge in [-0.2, -0.15) is 0 Å². The van der Waals surface area contributed by atoms with Gasteiger partial charge in [-0.1, -0.05) is 35.4 Å². The molecule has 0 saturated carbocycles. The smallest absolute Gasteiger partial charge is 0.0718 e. The number of ether oxygens (including phenoxy) is 6. The summed E-state index contributed by atoms with van der Waals surface area (Å²) < 4.78 is 32.3. The lowest BCUT2D eigenvalue weighted by Crippen LogP contribution is -2.14. The molecule has 0 aliphatic rings. The zero-order valence-electron chi connectivity index (χ0n) is 16.4. The van der Waals surface area contributed by atoms with Crippen molar-refractivity contribution in [1.82, 2.24) is 0 Å². The van der Waals surface area contributed by atoms with Gasteiger partial charge in [-0.3, -0.25) is 0 Å². The van der Waals surface area contributed by atoms with Gasteiger partial charge in [0.15, 0.2) is 0 Å². The maximum Gasteiger partial charge on any atom is 0.0718 e. The predicted molar refractivity (Wildman–Crippen MR) is 104 cm³/mol. The number of hydrogen-bond acceptors (Lipinski definition) is 7. The number of rotatable bonds is 20. The second-order valence-corrected chi connectivity index (χ2v) is 5.55. The van der Waals surface area contributed by atoms with Gasteiger partial charge < -0.3 is 28.4 Å². The van der Waals surface area contributed by atoms with Gasteiger partial charge in [-0.05, 0) is 11.1 Å². The molecule has 0 aromatic heterocycles. The minimum absolute atomic E-state index is 0.340. The molecule has 1 rings (SSSR count). The molecule has 1 aromatic carbocycles. The Kier molecular flexibility index (Phi) is 17.4. The van der Waals surface area contributed by atoms with E-state index >= 15 is 0 Å². The minimum atomic E-state index is 0.340. The van der Waals surface area contributed by atoms with Crippen LogP contribution >= 0.6 is 0 Å². The molecule has 0 aliphatic carbocycles. The van der Waals surface area contributed by atoms with Crippen LogP contribution < -0.4 is 0 Å². The highest BCUT2D eigenvalue weighted by Crippen LogP contribution is 1.99. The average molecular weight is 397 g/mol. The SMILES string of the molecule is [N-]=[N+]=NCCOCCOCCOCCOCCOCCOCc1ccccc1. The molecule has 158 valence electrons. The predicted octanol–water partition coefficient (Wildman–Crippen LogP) is 2.60. The standard InChI is InChI=1S/C19H31N3O6/c20-22-21-6-7-23-8-9-24-10-11-25-12-13-26-14-15-27-16-17-28-18-19-4-2-1-3-5-19/h1-5H,6-18H2. The third kappa shape index (κ3) is 16.5. The highest BCUT2D eigenvalue weighted by Gasteiger charge is 1.95. The lowest BCUT2D eigenvalue weighted by Gasteiger charge is -2.08. The van der Waals surface area contributed by atoms with Crippen LogP contribution in [0.5, 0.6) is 0 Å². The van der Waals surface area contributed by atoms with Gasteiger partial charge >= 0.3 is 0 Å². The van der Waals surface area contributed by atoms with Crippen LogP contribution in [-0.2, 0) is 35.0 Å². The summed E-state index contributed by atoms with van der Waals surface area (Å²) in [6, 6.07) is 10.1. The topological polar surface area (TPSA) is 104 Å². The normalized spacial score (nSPS) is 10.7. The van der Waals surface area contributed by atoms with E-state index in [0.29, 0.717) is 85.8 Å². The summed E-state index contributed by atoms with van der Waals surface area (Å²) in [6.07, 6.45) is 0. The highest BCUT2D eigenvalue weighted by atomic mass is 16.6. The third-order valence-electron chi connectivity index (χ3n) is 3.37. The van der Waals surface area contributed by atoms with Crippen molar-refractivity contribution in [3.05, 3.63) is 46.3 Å². The molecular weight excluding hydrogens is 366 g/mol. The molecule has 0 bridgehead atoms. The molecule has 0 heterocycles. The van der Waals surface area contributed by atoms with Gasteiger partial charge in [-0.15, -0.1) is 0 Å². The quantitative estimate of drug-likeness (QED) is 0.145. The van der Waals surface area contributed by atoms with Crippen molar-refractivity contribution in [3.8, 4) is 0 Å². The first kappa shape index (κ1) is 24.3. The van der Waals surface area contributed by atoms with Gasteiger partial charge in [0.25, 0.3) is 0 Å². The number of benzene rings is 1. The zero-order chi connectivity index (χ0) is 20.0. The molecule has 0 saturated heterocycles. The van der Waals surface area contributed by atoms with E-state index in [4.69, 9.17) is 34.0 Å². The van der Waals surface area contributed by atoms with Crippen LogP contribution in [0, 0.1) is 0 Å². The Balaban J connectivity index is 1.68. The first-order chi connectivity index (χ1) is 13.9. The van der Waals surface area contributed by atoms with Gasteiger partial charge in [0.2, 0.25) is 0 Å². The molecule has 0 amide bonds. The summed E-state index contributed by atoms with van der Waals surface area (Å²) in [7, 11) is 0. The molecular formula is C19H31N3O6. The Hall–Kier alpha value is -1.71. The monoisotopic (exact) mass is 397 g/mol. The molecule has 9 heteroatoms. The van der Waals surface area contributed by atoms with Crippen molar-refractivity contribution >= 4 is 0 Å². The zero-order valence-corrected chi connectivity index (χ0v) is 16.4. The Bertz CT molecular complexity index is 500. The van der Waals surface area contributed by atoms with E-state index in [-0.39, 0.29) is 0 Å². The second kappa shape index (κ2) is 20.0. The van der Waals surface area contributed by atoms with E-state index in [1.807, 2.05) is 30.3 Å². The van der Waals surface area contributed by atoms with Crippen LogP contribution in [0.15, 0.2) is 35.4 Å². The van der Waals surface area contributed by atoms with Crippen molar-refractivity contribution in [1.29, 1.82) is 0 Å². The minimum Gasteiger partial charge on any atom is -0.379 e. The van der Waals surface area contributed by atoms with Gasteiger partial charge in [0.1, 0.15) is 0 Å². The van der Waals surface area contributed by atoms with E-state index in [2.05, 4.69) is 10.0 Å². The molecule has 1 aromatic rings. The Morgan fingerprint density at radius 1 is 0.607 bits per heavy atom. The Labute approximate surface area is 166 Å². The molecule has 0 aliphatic heterocycles. The van der Waals surface area contributed by atoms with Crippen molar-refractivity contribution in [2.75, 3.05) is 79.2 Å². The van der Waals surface area contributed by atoms with Gasteiger partial charge in [0, 0.05) is 11.5 Å². The summed E-state index contributed by atoms with van der Waals surface area (Å²) in [5, 5.41) is 3.36. The third-order valence-corrected chi connectivity index (χ3v) is 3.37. The molecule has 0 atom stereocenters. The molecule has 9 nitrogen and oxygen atoms in total. The van der Waals surface area contributed by atoms with Crippen LogP contribution in [0.4, 0.5) is 0 Å². The average Bonchev–Trinajstić information content (AvgIpc) is 2.73. The molecule has 0 spiro atoms. The Morgan fingerprint density at radius 3 is 1.50 bits per heavy atom. The highest BCUT2D eigenvalue weighted by molar-refractivity contribution is 5.13. The van der Waals surface area contributed by atoms with Gasteiger partial charge in [0.05, 0.1) is 79.3 Å². The molecule has 0 fully saturated rings. The van der Waals surface area contributed by atoms with E-state index < -0.39 is 0 Å². The van der Waals surface area contributed by atoms with Gasteiger partial charge in [-0.25, -0.2) is 0 Å². The van der Waals surface area contributed by atoms with E-state index in [9.17, 15) is 0 Å². The van der Waals surface area contributed by atoms with Crippen LogP contribution in [0.25, 0.3) is 10.4 Å². The van der Waals surface area contributed by atoms with Crippen LogP contribution in [-0.4, -0.2) is 79.2 Å². The number of hydrogen-bond donors (Lipinski definition) is 0. The summed E-state index contributed by atoms with van der Waals surface area (Å²) >= 11 is 0. The maximum atomic E-state index is 8.09. The van der Waals surface area contributed by atoms with Crippen molar-refractivity contribution in [3.63, 3.8) is 0 Å². The first-order valence-corrected chi connectivity index (χ1v) is 9.44. The van der Waals surface area contributed by atoms with Crippen molar-refractivity contribution < 1.29 is 28.4 Å². The fourth-order valence-electron chi connectivity index (χ4n) is 2.01. The number of nitrogens with zero attached hydrogens (tertiary/aromatic N) is 3. The molecule has 0 unspecified atom stereocenters. The molecule has 0 N–H and O–H groups in total. The first-order valence-electron chi connectivity index (χ1n) is 9.44. The summed E-state index contributed by atoms with van der Waals surface area (Å²) in [5.74, 6) is 0. The molecule has 28 heavy (non-hydrogen) atoms. The fourth-order valence-corrected chi connectivity index (χ4v) is 2.01. The van der Waals surface area contributed by atoms with E-state index in [1.165, 1.54) is 0 Å². The lowest BCUT2D eigenvalue weighted by atomic mass is 10.2. The molecule has 0 radical (unpaired) electrons. The van der Waals surface area contributed by atoms with Crippen LogP contribution in [0.3, 0.4) is 0 Å². The summed E-state index contributed by atoms with van der Waals surface area (Å²) in [4.78, 5) is 2.63. The van der Waals surface area contributed by atoms with Crippen LogP contribution in [0.1, 0.15) is 5.56 Å². The van der Waals surface area contributed by atoms with E-state index in [0.717, 1.165) is 5.56 Å². The largest absolute Gasteiger partial charge is 0.379 e. The number of azide groups is 1. The fraction of sp³-hybridized carbons (Fsp3) is 0.684. The van der Waals surface area contributed by atoms with E-state index in [1.54, 1.807) is 0 Å². The van der Waals surface area contributed by atoms with Crippen LogP contribution in [0.2, 0.25) is 0 Å². The maximum absolute atomic E-state index is 8.09. The Morgan fingerprint density at radius 2 is 1.04 bits per heavy atom. The van der Waals surface area contributed by atoms with Crippen molar-refractivity contribution in [2.45, 2.75) is 6.61 Å². The summed E-state index contributed by atoms with van der Waals surface area (Å²) in [5.41, 5.74) is 9.25.